The number of ether oxygens (including phenoxy) is 2. The van der Waals surface area contributed by atoms with E-state index in [2.05, 4.69) is 18.2 Å². The lowest BCUT2D eigenvalue weighted by Crippen LogP contribution is -2.42. The lowest BCUT2D eigenvalue weighted by molar-refractivity contribution is -0.0874. The third kappa shape index (κ3) is 1.30. The Hall–Kier alpha value is -1.02. The summed E-state index contributed by atoms with van der Waals surface area (Å²) >= 11 is 0. The van der Waals surface area contributed by atoms with E-state index in [9.17, 15) is 0 Å². The van der Waals surface area contributed by atoms with Crippen LogP contribution in [0.25, 0.3) is 0 Å². The number of fused-ring (bicyclic) bond motifs is 1. The molecule has 2 aliphatic heterocycles. The molecule has 0 aromatic heterocycles. The van der Waals surface area contributed by atoms with Crippen molar-refractivity contribution in [1.82, 2.24) is 0 Å². The third-order valence-corrected chi connectivity index (χ3v) is 3.14. The van der Waals surface area contributed by atoms with Crippen LogP contribution in [-0.4, -0.2) is 19.3 Å². The normalized spacial score (nSPS) is 26.1. The van der Waals surface area contributed by atoms with Gasteiger partial charge in [0.05, 0.1) is 13.2 Å². The van der Waals surface area contributed by atoms with E-state index in [4.69, 9.17) is 9.47 Å². The molecule has 1 unspecified atom stereocenters. The molecule has 2 aliphatic rings. The van der Waals surface area contributed by atoms with Crippen LogP contribution in [0.5, 0.6) is 5.75 Å². The Bertz CT molecular complexity index is 331. The molecule has 2 nitrogen and oxygen atoms in total. The van der Waals surface area contributed by atoms with Crippen molar-refractivity contribution in [3.05, 3.63) is 29.8 Å². The van der Waals surface area contributed by atoms with Crippen molar-refractivity contribution in [2.75, 3.05) is 13.2 Å². The minimum atomic E-state index is 0.388. The zero-order valence-electron chi connectivity index (χ0n) is 8.11. The SMILES string of the molecule is c1ccc2c(c1)CCC(C1COC1)O2. The predicted molar refractivity (Wildman–Crippen MR) is 53.5 cm³/mol. The lowest BCUT2D eigenvalue weighted by atomic mass is 9.92. The molecule has 0 amide bonds. The topological polar surface area (TPSA) is 18.5 Å². The van der Waals surface area contributed by atoms with E-state index < -0.39 is 0 Å². The van der Waals surface area contributed by atoms with Crippen LogP contribution in [-0.2, 0) is 11.2 Å². The first kappa shape index (κ1) is 8.30. The predicted octanol–water partition coefficient (Wildman–Crippen LogP) is 2.03. The van der Waals surface area contributed by atoms with Crippen LogP contribution >= 0.6 is 0 Å². The maximum atomic E-state index is 5.96. The summed E-state index contributed by atoms with van der Waals surface area (Å²) in [6.45, 7) is 1.76. The number of hydrogen-bond donors (Lipinski definition) is 0. The van der Waals surface area contributed by atoms with E-state index in [1.54, 1.807) is 0 Å². The molecule has 74 valence electrons. The molecule has 2 heteroatoms. The summed E-state index contributed by atoms with van der Waals surface area (Å²) in [5, 5.41) is 0. The number of benzene rings is 1. The van der Waals surface area contributed by atoms with Gasteiger partial charge >= 0.3 is 0 Å². The second kappa shape index (κ2) is 3.28. The van der Waals surface area contributed by atoms with Gasteiger partial charge in [0.15, 0.2) is 0 Å². The first-order valence-corrected chi connectivity index (χ1v) is 5.26. The number of aryl methyl sites for hydroxylation is 1. The van der Waals surface area contributed by atoms with E-state index in [1.807, 2.05) is 6.07 Å². The van der Waals surface area contributed by atoms with E-state index in [0.717, 1.165) is 31.8 Å². The minimum absolute atomic E-state index is 0.388. The Morgan fingerprint density at radius 2 is 2.00 bits per heavy atom. The molecule has 0 spiro atoms. The molecule has 0 saturated carbocycles. The van der Waals surface area contributed by atoms with E-state index >= 15 is 0 Å². The van der Waals surface area contributed by atoms with Crippen LogP contribution < -0.4 is 4.74 Å². The fraction of sp³-hybridized carbons (Fsp3) is 0.500. The lowest BCUT2D eigenvalue weighted by Gasteiger charge is -2.36. The molecule has 0 N–H and O–H groups in total. The Morgan fingerprint density at radius 3 is 2.79 bits per heavy atom. The zero-order valence-corrected chi connectivity index (χ0v) is 8.11. The summed E-state index contributed by atoms with van der Waals surface area (Å²) in [5.41, 5.74) is 1.35. The van der Waals surface area contributed by atoms with Crippen molar-refractivity contribution in [1.29, 1.82) is 0 Å². The monoisotopic (exact) mass is 190 g/mol. The molecule has 2 heterocycles. The molecule has 1 atom stereocenters. The average molecular weight is 190 g/mol. The van der Waals surface area contributed by atoms with Crippen LogP contribution in [0.4, 0.5) is 0 Å². The zero-order chi connectivity index (χ0) is 9.38. The maximum absolute atomic E-state index is 5.96. The van der Waals surface area contributed by atoms with Gasteiger partial charge in [-0.2, -0.15) is 0 Å². The Morgan fingerprint density at radius 1 is 1.14 bits per heavy atom. The van der Waals surface area contributed by atoms with Crippen molar-refractivity contribution >= 4 is 0 Å². The minimum Gasteiger partial charge on any atom is -0.490 e. The standard InChI is InChI=1S/C12H14O2/c1-2-4-11-9(3-1)5-6-12(14-11)10-7-13-8-10/h1-4,10,12H,5-8H2. The van der Waals surface area contributed by atoms with Gasteiger partial charge in [-0.1, -0.05) is 18.2 Å². The van der Waals surface area contributed by atoms with Gasteiger partial charge in [-0.3, -0.25) is 0 Å². The molecular formula is C12H14O2. The van der Waals surface area contributed by atoms with E-state index in [-0.39, 0.29) is 0 Å². The molecule has 1 fully saturated rings. The Balaban J connectivity index is 1.79. The fourth-order valence-corrected chi connectivity index (χ4v) is 2.15. The molecule has 0 aliphatic carbocycles. The van der Waals surface area contributed by atoms with Crippen LogP contribution in [0.1, 0.15) is 12.0 Å². The summed E-state index contributed by atoms with van der Waals surface area (Å²) in [6, 6.07) is 8.34. The Kier molecular flexibility index (Phi) is 1.95. The Labute approximate surface area is 83.8 Å². The molecule has 3 rings (SSSR count). The van der Waals surface area contributed by atoms with Crippen LogP contribution in [0, 0.1) is 5.92 Å². The molecule has 1 aromatic carbocycles. The molecule has 1 saturated heterocycles. The van der Waals surface area contributed by atoms with E-state index in [0.29, 0.717) is 12.0 Å². The average Bonchev–Trinajstić information content (AvgIpc) is 2.15. The number of para-hydroxylation sites is 1. The third-order valence-electron chi connectivity index (χ3n) is 3.14. The highest BCUT2D eigenvalue weighted by atomic mass is 16.5. The summed E-state index contributed by atoms with van der Waals surface area (Å²) < 4.78 is 11.2. The van der Waals surface area contributed by atoms with Gasteiger partial charge < -0.3 is 9.47 Å². The van der Waals surface area contributed by atoms with Gasteiger partial charge in [-0.05, 0) is 24.5 Å². The largest absolute Gasteiger partial charge is 0.490 e. The second-order valence-corrected chi connectivity index (χ2v) is 4.10. The van der Waals surface area contributed by atoms with Gasteiger partial charge in [0.1, 0.15) is 11.9 Å². The van der Waals surface area contributed by atoms with Crippen molar-refractivity contribution in [3.8, 4) is 5.75 Å². The fourth-order valence-electron chi connectivity index (χ4n) is 2.15. The summed E-state index contributed by atoms with van der Waals surface area (Å²) in [5.74, 6) is 1.71. The molecular weight excluding hydrogens is 176 g/mol. The van der Waals surface area contributed by atoms with Crippen LogP contribution in [0.3, 0.4) is 0 Å². The van der Waals surface area contributed by atoms with Crippen molar-refractivity contribution in [2.24, 2.45) is 5.92 Å². The smallest absolute Gasteiger partial charge is 0.122 e. The van der Waals surface area contributed by atoms with Gasteiger partial charge in [0, 0.05) is 5.92 Å². The van der Waals surface area contributed by atoms with E-state index in [1.165, 1.54) is 5.56 Å². The summed E-state index contributed by atoms with van der Waals surface area (Å²) in [7, 11) is 0. The van der Waals surface area contributed by atoms with Crippen molar-refractivity contribution < 1.29 is 9.47 Å². The van der Waals surface area contributed by atoms with Gasteiger partial charge in [0.2, 0.25) is 0 Å². The first-order chi connectivity index (χ1) is 6.93. The second-order valence-electron chi connectivity index (χ2n) is 4.10. The number of hydrogen-bond acceptors (Lipinski definition) is 2. The highest BCUT2D eigenvalue weighted by Crippen LogP contribution is 2.31. The summed E-state index contributed by atoms with van der Waals surface area (Å²) in [6.07, 6.45) is 2.68. The molecule has 0 radical (unpaired) electrons. The highest BCUT2D eigenvalue weighted by molar-refractivity contribution is 5.35. The molecule has 14 heavy (non-hydrogen) atoms. The van der Waals surface area contributed by atoms with Crippen LogP contribution in [0.15, 0.2) is 24.3 Å². The quantitative estimate of drug-likeness (QED) is 0.674. The van der Waals surface area contributed by atoms with Crippen molar-refractivity contribution in [3.63, 3.8) is 0 Å². The number of rotatable bonds is 1. The molecule has 1 aromatic rings. The van der Waals surface area contributed by atoms with Gasteiger partial charge in [0.25, 0.3) is 0 Å². The maximum Gasteiger partial charge on any atom is 0.122 e. The van der Waals surface area contributed by atoms with Crippen LogP contribution in [0.2, 0.25) is 0 Å². The van der Waals surface area contributed by atoms with Gasteiger partial charge in [-0.15, -0.1) is 0 Å². The first-order valence-electron chi connectivity index (χ1n) is 5.26. The van der Waals surface area contributed by atoms with Crippen molar-refractivity contribution in [2.45, 2.75) is 18.9 Å². The summed E-state index contributed by atoms with van der Waals surface area (Å²) in [4.78, 5) is 0. The highest BCUT2D eigenvalue weighted by Gasteiger charge is 2.32. The van der Waals surface area contributed by atoms with Gasteiger partial charge in [-0.25, -0.2) is 0 Å². The molecule has 0 bridgehead atoms.